The summed E-state index contributed by atoms with van der Waals surface area (Å²) in [7, 11) is 0. The first kappa shape index (κ1) is 20.2. The minimum Gasteiger partial charge on any atom is -0.460 e. The summed E-state index contributed by atoms with van der Waals surface area (Å²) in [6.45, 7) is 1.58. The number of hydrogen-bond donors (Lipinski definition) is 1. The van der Waals surface area contributed by atoms with Gasteiger partial charge >= 0.3 is 0 Å². The van der Waals surface area contributed by atoms with Crippen LogP contribution in [-0.2, 0) is 11.2 Å². The molecular weight excluding hydrogens is 401 g/mol. The fourth-order valence-electron chi connectivity index (χ4n) is 6.16. The first-order valence-electron chi connectivity index (χ1n) is 12.3. The van der Waals surface area contributed by atoms with Crippen LogP contribution in [0.25, 0.3) is 0 Å². The molecule has 2 N–H and O–H groups in total. The van der Waals surface area contributed by atoms with E-state index in [9.17, 15) is 4.39 Å². The van der Waals surface area contributed by atoms with Gasteiger partial charge in [0.25, 0.3) is 6.02 Å². The van der Waals surface area contributed by atoms with Gasteiger partial charge < -0.3 is 15.4 Å². The minimum atomic E-state index is -0.205. The minimum absolute atomic E-state index is 0.00174. The normalized spacial score (nSPS) is 29.9. The number of aliphatic imine (C=N–C) groups is 1. The van der Waals surface area contributed by atoms with Crippen LogP contribution >= 0.6 is 0 Å². The summed E-state index contributed by atoms with van der Waals surface area (Å²) in [6, 6.07) is 15.1. The van der Waals surface area contributed by atoms with Gasteiger partial charge in [-0.2, -0.15) is 0 Å². The number of benzene rings is 2. The van der Waals surface area contributed by atoms with Gasteiger partial charge in [0, 0.05) is 18.5 Å². The van der Waals surface area contributed by atoms with E-state index >= 15 is 0 Å². The Labute approximate surface area is 189 Å². The third-order valence-corrected chi connectivity index (χ3v) is 8.05. The number of hydrogen-bond acceptors (Lipinski definition) is 4. The molecule has 2 aliphatic heterocycles. The summed E-state index contributed by atoms with van der Waals surface area (Å²) in [5.74, 6) is 1.02. The molecule has 4 nitrogen and oxygen atoms in total. The van der Waals surface area contributed by atoms with Gasteiger partial charge in [0.2, 0.25) is 0 Å². The highest BCUT2D eigenvalue weighted by molar-refractivity contribution is 5.77. The lowest BCUT2D eigenvalue weighted by Gasteiger charge is -2.40. The first-order valence-corrected chi connectivity index (χ1v) is 12.3. The van der Waals surface area contributed by atoms with Gasteiger partial charge in [-0.05, 0) is 72.4 Å². The SMILES string of the molecule is NC1CC([C@H]2CN=C(N3CCc4cc(C5CCCC5)ccc4[C@@H]3c3ccc(F)cc3)O2)C1. The van der Waals surface area contributed by atoms with E-state index in [2.05, 4.69) is 23.1 Å². The zero-order valence-electron chi connectivity index (χ0n) is 18.6. The molecule has 0 unspecified atom stereocenters. The number of ether oxygens (including phenoxy) is 1. The first-order chi connectivity index (χ1) is 15.7. The topological polar surface area (TPSA) is 50.8 Å². The molecule has 2 aromatic carbocycles. The molecule has 0 aromatic heterocycles. The number of nitrogens with zero attached hydrogens (tertiary/aromatic N) is 2. The fourth-order valence-corrected chi connectivity index (χ4v) is 6.16. The number of rotatable bonds is 3. The fraction of sp³-hybridized carbons (Fsp3) is 0.519. The molecule has 0 amide bonds. The monoisotopic (exact) mass is 433 g/mol. The van der Waals surface area contributed by atoms with Crippen molar-refractivity contribution in [2.24, 2.45) is 16.6 Å². The lowest BCUT2D eigenvalue weighted by atomic mass is 9.77. The molecule has 5 heteroatoms. The van der Waals surface area contributed by atoms with E-state index in [1.54, 1.807) is 12.1 Å². The Morgan fingerprint density at radius 1 is 1.00 bits per heavy atom. The quantitative estimate of drug-likeness (QED) is 0.747. The van der Waals surface area contributed by atoms with Gasteiger partial charge in [-0.1, -0.05) is 43.2 Å². The van der Waals surface area contributed by atoms with Crippen molar-refractivity contribution >= 4 is 6.02 Å². The lowest BCUT2D eigenvalue weighted by Crippen LogP contribution is -2.45. The molecular formula is C27H32FN3O. The van der Waals surface area contributed by atoms with E-state index in [4.69, 9.17) is 15.5 Å². The van der Waals surface area contributed by atoms with Crippen molar-refractivity contribution < 1.29 is 9.13 Å². The summed E-state index contributed by atoms with van der Waals surface area (Å²) in [5.41, 5.74) is 11.3. The maximum Gasteiger partial charge on any atom is 0.288 e. The lowest BCUT2D eigenvalue weighted by molar-refractivity contribution is 0.0668. The third-order valence-electron chi connectivity index (χ3n) is 8.05. The molecule has 2 saturated carbocycles. The maximum absolute atomic E-state index is 13.7. The number of amidine groups is 1. The highest BCUT2D eigenvalue weighted by atomic mass is 19.1. The highest BCUT2D eigenvalue weighted by Gasteiger charge is 2.40. The van der Waals surface area contributed by atoms with Crippen molar-refractivity contribution in [1.82, 2.24) is 4.90 Å². The molecule has 168 valence electrons. The summed E-state index contributed by atoms with van der Waals surface area (Å²) in [5, 5.41) is 0. The Morgan fingerprint density at radius 3 is 2.50 bits per heavy atom. The number of nitrogens with two attached hydrogens (primary N) is 1. The highest BCUT2D eigenvalue weighted by Crippen LogP contribution is 2.41. The molecule has 2 aromatic rings. The molecule has 0 bridgehead atoms. The van der Waals surface area contributed by atoms with Gasteiger partial charge in [0.05, 0.1) is 12.6 Å². The largest absolute Gasteiger partial charge is 0.460 e. The van der Waals surface area contributed by atoms with E-state index in [-0.39, 0.29) is 18.0 Å². The van der Waals surface area contributed by atoms with Crippen molar-refractivity contribution in [2.45, 2.75) is 69.1 Å². The Hall–Kier alpha value is -2.40. The van der Waals surface area contributed by atoms with Crippen molar-refractivity contribution in [3.8, 4) is 0 Å². The molecule has 2 aliphatic carbocycles. The van der Waals surface area contributed by atoms with Gasteiger partial charge in [-0.25, -0.2) is 9.38 Å². The van der Waals surface area contributed by atoms with Crippen molar-refractivity contribution in [3.63, 3.8) is 0 Å². The van der Waals surface area contributed by atoms with Crippen molar-refractivity contribution in [1.29, 1.82) is 0 Å². The smallest absolute Gasteiger partial charge is 0.288 e. The Bertz CT molecular complexity index is 1010. The molecule has 2 atom stereocenters. The molecule has 0 saturated heterocycles. The van der Waals surface area contributed by atoms with E-state index in [0.717, 1.165) is 37.4 Å². The van der Waals surface area contributed by atoms with Crippen LogP contribution in [0.2, 0.25) is 0 Å². The summed E-state index contributed by atoms with van der Waals surface area (Å²) < 4.78 is 20.1. The molecule has 32 heavy (non-hydrogen) atoms. The predicted molar refractivity (Wildman–Crippen MR) is 124 cm³/mol. The van der Waals surface area contributed by atoms with Crippen LogP contribution in [0.3, 0.4) is 0 Å². The Morgan fingerprint density at radius 2 is 1.75 bits per heavy atom. The molecule has 0 spiro atoms. The van der Waals surface area contributed by atoms with E-state index in [1.165, 1.54) is 42.4 Å². The van der Waals surface area contributed by atoms with E-state index in [0.29, 0.717) is 24.4 Å². The number of halogens is 1. The number of fused-ring (bicyclic) bond motifs is 1. The molecule has 0 radical (unpaired) electrons. The zero-order chi connectivity index (χ0) is 21.7. The molecule has 6 rings (SSSR count). The zero-order valence-corrected chi connectivity index (χ0v) is 18.6. The van der Waals surface area contributed by atoms with Crippen LogP contribution in [0.4, 0.5) is 4.39 Å². The standard InChI is InChI=1S/C27H32FN3O/c28-22-8-5-18(6-9-22)26-24-10-7-19(17-3-1-2-4-17)13-20(24)11-12-31(26)27-30-16-25(32-27)21-14-23(29)15-21/h5-10,13,17,21,23,25-26H,1-4,11-12,14-16,29H2/t21?,23?,25-,26+/m1/s1. The average molecular weight is 434 g/mol. The van der Waals surface area contributed by atoms with Crippen LogP contribution < -0.4 is 5.73 Å². The molecule has 4 aliphatic rings. The van der Waals surface area contributed by atoms with Crippen molar-refractivity contribution in [3.05, 3.63) is 70.5 Å². The third kappa shape index (κ3) is 3.61. The average Bonchev–Trinajstić information content (AvgIpc) is 3.49. The van der Waals surface area contributed by atoms with Crippen LogP contribution in [0.15, 0.2) is 47.5 Å². The van der Waals surface area contributed by atoms with E-state index in [1.807, 2.05) is 12.1 Å². The van der Waals surface area contributed by atoms with E-state index < -0.39 is 0 Å². The van der Waals surface area contributed by atoms with Crippen LogP contribution in [0.5, 0.6) is 0 Å². The Balaban J connectivity index is 1.31. The summed E-state index contributed by atoms with van der Waals surface area (Å²) >= 11 is 0. The van der Waals surface area contributed by atoms with Crippen LogP contribution in [0, 0.1) is 11.7 Å². The maximum atomic E-state index is 13.7. The summed E-state index contributed by atoms with van der Waals surface area (Å²) in [6.07, 6.45) is 8.49. The molecule has 2 fully saturated rings. The second-order valence-corrected chi connectivity index (χ2v) is 10.1. The summed E-state index contributed by atoms with van der Waals surface area (Å²) in [4.78, 5) is 7.12. The molecule has 2 heterocycles. The van der Waals surface area contributed by atoms with Gasteiger partial charge in [0.1, 0.15) is 11.9 Å². The van der Waals surface area contributed by atoms with Gasteiger partial charge in [-0.15, -0.1) is 0 Å². The second kappa shape index (κ2) is 8.18. The van der Waals surface area contributed by atoms with Crippen LogP contribution in [-0.4, -0.2) is 36.2 Å². The van der Waals surface area contributed by atoms with Crippen LogP contribution in [0.1, 0.15) is 72.7 Å². The van der Waals surface area contributed by atoms with Crippen molar-refractivity contribution in [2.75, 3.05) is 13.1 Å². The second-order valence-electron chi connectivity index (χ2n) is 10.1. The Kier molecular flexibility index (Phi) is 5.17. The van der Waals surface area contributed by atoms with Gasteiger partial charge in [0.15, 0.2) is 0 Å². The predicted octanol–water partition coefficient (Wildman–Crippen LogP) is 4.92. The van der Waals surface area contributed by atoms with Gasteiger partial charge in [-0.3, -0.25) is 0 Å².